The van der Waals surface area contributed by atoms with Crippen LogP contribution in [0.2, 0.25) is 0 Å². The van der Waals surface area contributed by atoms with Gasteiger partial charge in [0.05, 0.1) is 13.2 Å². The third-order valence-electron chi connectivity index (χ3n) is 6.33. The minimum Gasteiger partial charge on any atom is -0.380 e. The summed E-state index contributed by atoms with van der Waals surface area (Å²) >= 11 is 12.0. The number of thioether (sulfide) groups is 4. The number of ether oxygens (including phenoxy) is 2. The minimum absolute atomic E-state index is 0.167. The molecule has 2 nitrogen and oxygen atoms in total. The zero-order chi connectivity index (χ0) is 22.9. The van der Waals surface area contributed by atoms with E-state index in [0.717, 1.165) is 0 Å². The van der Waals surface area contributed by atoms with E-state index in [0.29, 0.717) is 13.2 Å². The summed E-state index contributed by atoms with van der Waals surface area (Å²) in [5.41, 5.74) is 5.34. The molecular formula is C26H20O2S6. The molecular weight excluding hydrogens is 537 g/mol. The fraction of sp³-hybridized carbons (Fsp3) is 0.231. The zero-order valence-electron chi connectivity index (χ0n) is 18.5. The van der Waals surface area contributed by atoms with E-state index in [1.54, 1.807) is 14.2 Å². The fourth-order valence-electron chi connectivity index (χ4n) is 5.00. The molecule has 0 fully saturated rings. The lowest BCUT2D eigenvalue weighted by atomic mass is 9.90. The van der Waals surface area contributed by atoms with Crippen molar-refractivity contribution >= 4 is 69.7 Å². The Morgan fingerprint density at radius 1 is 0.588 bits per heavy atom. The van der Waals surface area contributed by atoms with E-state index in [-0.39, 0.29) is 8.16 Å². The van der Waals surface area contributed by atoms with E-state index in [1.165, 1.54) is 51.6 Å². The first-order valence-corrected chi connectivity index (χ1v) is 15.9. The second-order valence-corrected chi connectivity index (χ2v) is 15.6. The molecule has 2 spiro atoms. The summed E-state index contributed by atoms with van der Waals surface area (Å²) in [6.45, 7) is 1.25. The number of thiophene rings is 2. The maximum Gasteiger partial charge on any atom is 0.134 e. The Bertz CT molecular complexity index is 1260. The number of hydrogen-bond acceptors (Lipinski definition) is 8. The molecule has 0 bridgehead atoms. The number of benzene rings is 2. The maximum atomic E-state index is 5.68. The molecule has 0 radical (unpaired) electrons. The van der Waals surface area contributed by atoms with Crippen LogP contribution in [0.25, 0.3) is 11.1 Å². The second-order valence-electron chi connectivity index (χ2n) is 8.33. The number of methoxy groups -OCH3 is 2. The van der Waals surface area contributed by atoms with Crippen LogP contribution in [0.3, 0.4) is 0 Å². The molecule has 4 aromatic rings. The summed E-state index contributed by atoms with van der Waals surface area (Å²) in [6, 6.07) is 17.8. The Balaban J connectivity index is 1.54. The van der Waals surface area contributed by atoms with Crippen molar-refractivity contribution in [2.75, 3.05) is 14.2 Å². The van der Waals surface area contributed by atoms with E-state index < -0.39 is 0 Å². The normalized spacial score (nSPS) is 18.2. The Morgan fingerprint density at radius 2 is 0.941 bits per heavy atom. The lowest BCUT2D eigenvalue weighted by Gasteiger charge is -2.46. The molecule has 172 valence electrons. The quantitative estimate of drug-likeness (QED) is 0.248. The number of rotatable bonds is 4. The Hall–Kier alpha value is -0.840. The summed E-state index contributed by atoms with van der Waals surface area (Å²) < 4.78 is 11.0. The molecule has 0 N–H and O–H groups in total. The lowest BCUT2D eigenvalue weighted by molar-refractivity contribution is 0.184. The number of hydrogen-bond donors (Lipinski definition) is 0. The molecule has 4 heterocycles. The van der Waals surface area contributed by atoms with Gasteiger partial charge in [-0.3, -0.25) is 0 Å². The van der Waals surface area contributed by atoms with Crippen molar-refractivity contribution in [3.05, 3.63) is 80.2 Å². The average molecular weight is 557 g/mol. The van der Waals surface area contributed by atoms with E-state index in [9.17, 15) is 0 Å². The van der Waals surface area contributed by atoms with Gasteiger partial charge in [-0.2, -0.15) is 0 Å². The summed E-state index contributed by atoms with van der Waals surface area (Å²) in [7, 11) is 3.59. The third kappa shape index (κ3) is 2.94. The van der Waals surface area contributed by atoms with Gasteiger partial charge in [0.15, 0.2) is 0 Å². The van der Waals surface area contributed by atoms with Crippen molar-refractivity contribution in [1.82, 2.24) is 0 Å². The van der Waals surface area contributed by atoms with Crippen molar-refractivity contribution in [2.24, 2.45) is 0 Å². The van der Waals surface area contributed by atoms with Crippen molar-refractivity contribution in [2.45, 2.75) is 41.0 Å². The van der Waals surface area contributed by atoms with Crippen LogP contribution in [0, 0.1) is 0 Å². The van der Waals surface area contributed by atoms with Crippen molar-refractivity contribution < 1.29 is 9.47 Å². The van der Waals surface area contributed by atoms with Crippen LogP contribution in [0.1, 0.15) is 20.9 Å². The Labute approximate surface area is 224 Å². The van der Waals surface area contributed by atoms with Gasteiger partial charge in [-0.25, -0.2) is 0 Å². The SMILES string of the molecule is COCc1csc2c1-c1c(COC)csc1C1(Sc3ccccc3S1)C21Sc2ccccc2S1. The first kappa shape index (κ1) is 22.4. The van der Waals surface area contributed by atoms with E-state index in [4.69, 9.17) is 9.47 Å². The number of fused-ring (bicyclic) bond motifs is 8. The predicted octanol–water partition coefficient (Wildman–Crippen LogP) is 8.88. The molecule has 0 saturated heterocycles. The average Bonchev–Trinajstić information content (AvgIpc) is 3.61. The van der Waals surface area contributed by atoms with Gasteiger partial charge in [0, 0.05) is 54.7 Å². The van der Waals surface area contributed by atoms with Gasteiger partial charge in [-0.05, 0) is 46.2 Å². The Kier molecular flexibility index (Phi) is 5.49. The molecule has 7 rings (SSSR count). The molecule has 0 unspecified atom stereocenters. The van der Waals surface area contributed by atoms with Gasteiger partial charge < -0.3 is 9.47 Å². The molecule has 2 aromatic heterocycles. The van der Waals surface area contributed by atoms with Gasteiger partial charge in [0.2, 0.25) is 0 Å². The minimum atomic E-state index is -0.167. The predicted molar refractivity (Wildman–Crippen MR) is 149 cm³/mol. The van der Waals surface area contributed by atoms with Gasteiger partial charge in [0.1, 0.15) is 8.16 Å². The highest BCUT2D eigenvalue weighted by molar-refractivity contribution is 8.26. The topological polar surface area (TPSA) is 18.5 Å². The van der Waals surface area contributed by atoms with Gasteiger partial charge >= 0.3 is 0 Å². The molecule has 0 amide bonds. The first-order chi connectivity index (χ1) is 16.7. The van der Waals surface area contributed by atoms with E-state index in [1.807, 2.05) is 22.7 Å². The molecule has 2 aromatic carbocycles. The van der Waals surface area contributed by atoms with E-state index in [2.05, 4.69) is 106 Å². The van der Waals surface area contributed by atoms with Crippen LogP contribution < -0.4 is 0 Å². The van der Waals surface area contributed by atoms with E-state index >= 15 is 0 Å². The van der Waals surface area contributed by atoms with Crippen LogP contribution in [0.15, 0.2) is 78.9 Å². The van der Waals surface area contributed by atoms with Crippen LogP contribution in [-0.4, -0.2) is 14.2 Å². The van der Waals surface area contributed by atoms with Crippen molar-refractivity contribution in [3.8, 4) is 11.1 Å². The summed E-state index contributed by atoms with van der Waals surface area (Å²) in [5.74, 6) is 0. The Morgan fingerprint density at radius 3 is 1.26 bits per heavy atom. The van der Waals surface area contributed by atoms with Crippen LogP contribution in [0.5, 0.6) is 0 Å². The van der Waals surface area contributed by atoms with Crippen LogP contribution in [-0.2, 0) is 30.8 Å². The highest BCUT2D eigenvalue weighted by Crippen LogP contribution is 2.83. The summed E-state index contributed by atoms with van der Waals surface area (Å²) in [5, 5.41) is 4.66. The fourth-order valence-corrected chi connectivity index (χ4v) is 15.7. The molecule has 0 atom stereocenters. The smallest absolute Gasteiger partial charge is 0.134 e. The molecule has 3 aliphatic rings. The molecule has 1 aliphatic carbocycles. The third-order valence-corrected chi connectivity index (χ3v) is 16.4. The van der Waals surface area contributed by atoms with Crippen LogP contribution in [0.4, 0.5) is 0 Å². The zero-order valence-corrected chi connectivity index (χ0v) is 23.4. The summed E-state index contributed by atoms with van der Waals surface area (Å²) in [6.07, 6.45) is 0. The highest BCUT2D eigenvalue weighted by atomic mass is 32.2. The molecule has 2 aliphatic heterocycles. The molecule has 0 saturated carbocycles. The van der Waals surface area contributed by atoms with Crippen LogP contribution >= 0.6 is 69.7 Å². The highest BCUT2D eigenvalue weighted by Gasteiger charge is 2.66. The lowest BCUT2D eigenvalue weighted by Crippen LogP contribution is -2.39. The first-order valence-electron chi connectivity index (χ1n) is 10.8. The summed E-state index contributed by atoms with van der Waals surface area (Å²) in [4.78, 5) is 8.45. The van der Waals surface area contributed by atoms with Crippen molar-refractivity contribution in [1.29, 1.82) is 0 Å². The van der Waals surface area contributed by atoms with Crippen molar-refractivity contribution in [3.63, 3.8) is 0 Å². The second kappa shape index (κ2) is 8.35. The van der Waals surface area contributed by atoms with Gasteiger partial charge in [0.25, 0.3) is 0 Å². The van der Waals surface area contributed by atoms with Gasteiger partial charge in [-0.1, -0.05) is 71.3 Å². The molecule has 8 heteroatoms. The standard InChI is InChI=1S/C26H20O2S6/c1-27-11-15-13-29-23-21(15)22-16(12-28-2)14-30-24(22)26(33-19-9-5-6-10-20(19)34-26)25(23)31-17-7-3-4-8-18(17)32-25/h3-10,13-14H,11-12H2,1-2H3. The monoisotopic (exact) mass is 556 g/mol. The largest absolute Gasteiger partial charge is 0.380 e. The molecule has 34 heavy (non-hydrogen) atoms. The maximum absolute atomic E-state index is 5.68. The van der Waals surface area contributed by atoms with Gasteiger partial charge in [-0.15, -0.1) is 22.7 Å².